The Hall–Kier alpha value is -2.42. The van der Waals surface area contributed by atoms with Gasteiger partial charge in [-0.05, 0) is 55.7 Å². The molecule has 0 unspecified atom stereocenters. The summed E-state index contributed by atoms with van der Waals surface area (Å²) in [4.78, 5) is 24.3. The first-order chi connectivity index (χ1) is 13.8. The van der Waals surface area contributed by atoms with Gasteiger partial charge in [0.25, 0.3) is 5.91 Å². The third-order valence-electron chi connectivity index (χ3n) is 4.56. The molecule has 1 amide bonds. The van der Waals surface area contributed by atoms with Crippen LogP contribution in [0.5, 0.6) is 0 Å². The minimum Gasteiger partial charge on any atom is -0.452 e. The Labute approximate surface area is 174 Å². The average molecular weight is 437 g/mol. The Balaban J connectivity index is 1.62. The molecule has 1 aliphatic rings. The van der Waals surface area contributed by atoms with E-state index in [1.807, 2.05) is 6.92 Å². The van der Waals surface area contributed by atoms with Crippen LogP contribution in [0.3, 0.4) is 0 Å². The lowest BCUT2D eigenvalue weighted by atomic mass is 10.2. The van der Waals surface area contributed by atoms with Crippen LogP contribution >= 0.6 is 11.6 Å². The first-order valence-electron chi connectivity index (χ1n) is 9.11. The number of halogens is 1. The molecule has 1 aliphatic heterocycles. The lowest BCUT2D eigenvalue weighted by Gasteiger charge is -2.15. The van der Waals surface area contributed by atoms with Crippen LogP contribution in [0.25, 0.3) is 0 Å². The van der Waals surface area contributed by atoms with Crippen LogP contribution < -0.4 is 5.32 Å². The predicted octanol–water partition coefficient (Wildman–Crippen LogP) is 3.23. The number of anilines is 1. The van der Waals surface area contributed by atoms with Crippen molar-refractivity contribution in [2.24, 2.45) is 0 Å². The second kappa shape index (κ2) is 8.94. The predicted molar refractivity (Wildman–Crippen MR) is 110 cm³/mol. The molecule has 1 heterocycles. The number of nitrogens with zero attached hydrogens (tertiary/aromatic N) is 1. The maximum atomic E-state index is 12.6. The fourth-order valence-electron chi connectivity index (χ4n) is 2.94. The molecular formula is C20H21ClN2O5S. The van der Waals surface area contributed by atoms with E-state index >= 15 is 0 Å². The highest BCUT2D eigenvalue weighted by molar-refractivity contribution is 7.89. The topological polar surface area (TPSA) is 92.8 Å². The van der Waals surface area contributed by atoms with E-state index in [2.05, 4.69) is 5.32 Å². The Morgan fingerprint density at radius 3 is 2.55 bits per heavy atom. The Kier molecular flexibility index (Phi) is 6.56. The minimum absolute atomic E-state index is 0.0348. The Morgan fingerprint density at radius 2 is 1.86 bits per heavy atom. The van der Waals surface area contributed by atoms with E-state index < -0.39 is 28.5 Å². The van der Waals surface area contributed by atoms with E-state index in [0.29, 0.717) is 23.8 Å². The number of rotatable bonds is 6. The van der Waals surface area contributed by atoms with Gasteiger partial charge < -0.3 is 10.1 Å². The number of ether oxygens (including phenoxy) is 1. The summed E-state index contributed by atoms with van der Waals surface area (Å²) < 4.78 is 31.7. The van der Waals surface area contributed by atoms with Gasteiger partial charge in [0.2, 0.25) is 10.0 Å². The molecule has 0 aromatic heterocycles. The molecule has 154 valence electrons. The zero-order valence-corrected chi connectivity index (χ0v) is 17.4. The number of nitrogens with one attached hydrogen (secondary N) is 1. The normalized spacial score (nSPS) is 14.6. The number of aryl methyl sites for hydroxylation is 1. The van der Waals surface area contributed by atoms with Gasteiger partial charge >= 0.3 is 5.97 Å². The van der Waals surface area contributed by atoms with Gasteiger partial charge in [-0.3, -0.25) is 4.79 Å². The van der Waals surface area contributed by atoms with Gasteiger partial charge in [0, 0.05) is 23.8 Å². The van der Waals surface area contributed by atoms with Crippen LogP contribution in [0.4, 0.5) is 5.69 Å². The van der Waals surface area contributed by atoms with Crippen molar-refractivity contribution in [3.05, 3.63) is 58.6 Å². The maximum absolute atomic E-state index is 12.6. The van der Waals surface area contributed by atoms with Crippen LogP contribution in [0.2, 0.25) is 5.02 Å². The number of sulfonamides is 1. The van der Waals surface area contributed by atoms with E-state index in [4.69, 9.17) is 16.3 Å². The smallest absolute Gasteiger partial charge is 0.338 e. The van der Waals surface area contributed by atoms with Gasteiger partial charge in [0.15, 0.2) is 6.61 Å². The first kappa shape index (κ1) is 21.3. The van der Waals surface area contributed by atoms with Crippen LogP contribution in [-0.2, 0) is 19.6 Å². The largest absolute Gasteiger partial charge is 0.452 e. The van der Waals surface area contributed by atoms with Gasteiger partial charge in [0.1, 0.15) is 0 Å². The summed E-state index contributed by atoms with van der Waals surface area (Å²) in [6.45, 7) is 2.28. The highest BCUT2D eigenvalue weighted by Gasteiger charge is 2.27. The van der Waals surface area contributed by atoms with Crippen LogP contribution in [0.15, 0.2) is 47.4 Å². The first-order valence-corrected chi connectivity index (χ1v) is 10.9. The SMILES string of the molecule is Cc1ccc(NC(=O)COC(=O)c2cccc(S(=O)(=O)N3CCCC3)c2)cc1Cl. The highest BCUT2D eigenvalue weighted by atomic mass is 35.5. The molecule has 1 saturated heterocycles. The molecule has 0 spiro atoms. The zero-order chi connectivity index (χ0) is 21.0. The maximum Gasteiger partial charge on any atom is 0.338 e. The number of carbonyl (C=O) groups is 2. The third kappa shape index (κ3) is 5.14. The molecular weight excluding hydrogens is 416 g/mol. The molecule has 1 fully saturated rings. The molecule has 7 nitrogen and oxygen atoms in total. The molecule has 0 atom stereocenters. The summed E-state index contributed by atoms with van der Waals surface area (Å²) in [5, 5.41) is 3.10. The third-order valence-corrected chi connectivity index (χ3v) is 6.86. The van der Waals surface area contributed by atoms with E-state index in [1.54, 1.807) is 18.2 Å². The summed E-state index contributed by atoms with van der Waals surface area (Å²) in [6, 6.07) is 10.7. The van der Waals surface area contributed by atoms with E-state index in [9.17, 15) is 18.0 Å². The second-order valence-corrected chi connectivity index (χ2v) is 9.07. The van der Waals surface area contributed by atoms with E-state index in [-0.39, 0.29) is 10.5 Å². The molecule has 29 heavy (non-hydrogen) atoms. The molecule has 0 bridgehead atoms. The molecule has 0 saturated carbocycles. The second-order valence-electron chi connectivity index (χ2n) is 6.73. The monoisotopic (exact) mass is 436 g/mol. The van der Waals surface area contributed by atoms with Gasteiger partial charge in [-0.25, -0.2) is 13.2 Å². The van der Waals surface area contributed by atoms with Crippen LogP contribution in [-0.4, -0.2) is 44.3 Å². The lowest BCUT2D eigenvalue weighted by Crippen LogP contribution is -2.28. The Bertz CT molecular complexity index is 1030. The van der Waals surface area contributed by atoms with Gasteiger partial charge in [0.05, 0.1) is 10.5 Å². The standard InChI is InChI=1S/C20H21ClN2O5S/c1-14-7-8-16(12-18(14)21)22-19(24)13-28-20(25)15-5-4-6-17(11-15)29(26,27)23-9-2-3-10-23/h4-8,11-12H,2-3,9-10,13H2,1H3,(H,22,24). The van der Waals surface area contributed by atoms with Crippen molar-refractivity contribution < 1.29 is 22.7 Å². The van der Waals surface area contributed by atoms with Gasteiger partial charge in [-0.15, -0.1) is 0 Å². The van der Waals surface area contributed by atoms with Crippen molar-refractivity contribution in [1.29, 1.82) is 0 Å². The number of hydrogen-bond acceptors (Lipinski definition) is 5. The molecule has 2 aromatic carbocycles. The minimum atomic E-state index is -3.64. The summed E-state index contributed by atoms with van der Waals surface area (Å²) >= 11 is 6.01. The van der Waals surface area contributed by atoms with Crippen molar-refractivity contribution in [3.8, 4) is 0 Å². The van der Waals surface area contributed by atoms with E-state index in [1.165, 1.54) is 28.6 Å². The number of carbonyl (C=O) groups excluding carboxylic acids is 2. The van der Waals surface area contributed by atoms with Crippen molar-refractivity contribution in [2.75, 3.05) is 25.0 Å². The van der Waals surface area contributed by atoms with Gasteiger partial charge in [-0.2, -0.15) is 4.31 Å². The van der Waals surface area contributed by atoms with Crippen molar-refractivity contribution in [2.45, 2.75) is 24.7 Å². The van der Waals surface area contributed by atoms with E-state index in [0.717, 1.165) is 18.4 Å². The fraction of sp³-hybridized carbons (Fsp3) is 0.300. The summed E-state index contributed by atoms with van der Waals surface area (Å²) in [5.74, 6) is -1.31. The average Bonchev–Trinajstić information content (AvgIpc) is 3.25. The number of hydrogen-bond donors (Lipinski definition) is 1. The lowest BCUT2D eigenvalue weighted by molar-refractivity contribution is -0.119. The van der Waals surface area contributed by atoms with Crippen molar-refractivity contribution >= 4 is 39.2 Å². The molecule has 0 radical (unpaired) electrons. The summed E-state index contributed by atoms with van der Waals surface area (Å²) in [6.07, 6.45) is 1.64. The number of esters is 1. The van der Waals surface area contributed by atoms with Crippen LogP contribution in [0.1, 0.15) is 28.8 Å². The zero-order valence-electron chi connectivity index (χ0n) is 15.9. The highest BCUT2D eigenvalue weighted by Crippen LogP contribution is 2.22. The Morgan fingerprint density at radius 1 is 1.14 bits per heavy atom. The van der Waals surface area contributed by atoms with Gasteiger partial charge in [-0.1, -0.05) is 23.7 Å². The van der Waals surface area contributed by atoms with Crippen LogP contribution in [0, 0.1) is 6.92 Å². The molecule has 3 rings (SSSR count). The quantitative estimate of drug-likeness (QED) is 0.702. The summed E-state index contributed by atoms with van der Waals surface area (Å²) in [7, 11) is -3.64. The summed E-state index contributed by atoms with van der Waals surface area (Å²) in [5.41, 5.74) is 1.43. The van der Waals surface area contributed by atoms with Crippen molar-refractivity contribution in [3.63, 3.8) is 0 Å². The number of amides is 1. The molecule has 1 N–H and O–H groups in total. The molecule has 2 aromatic rings. The number of benzene rings is 2. The molecule has 0 aliphatic carbocycles. The molecule has 9 heteroatoms. The fourth-order valence-corrected chi connectivity index (χ4v) is 4.69. The van der Waals surface area contributed by atoms with Crippen molar-refractivity contribution in [1.82, 2.24) is 4.31 Å².